The van der Waals surface area contributed by atoms with Gasteiger partial charge < -0.3 is 10.6 Å². The lowest BCUT2D eigenvalue weighted by molar-refractivity contribution is -0.116. The van der Waals surface area contributed by atoms with Gasteiger partial charge in [0.15, 0.2) is 5.13 Å². The standard InChI is InChI=1S/C17H20ClN3O2S/c1-4-5-9-13(22)20-17-19-11(3)15(24-17)16(23)21-14-10(2)7-6-8-12(14)18/h6-8H,4-5,9H2,1-3H3,(H,21,23)(H,19,20,22). The Labute approximate surface area is 150 Å². The number of anilines is 2. The summed E-state index contributed by atoms with van der Waals surface area (Å²) >= 11 is 7.30. The molecule has 2 N–H and O–H groups in total. The molecule has 0 bridgehead atoms. The Hall–Kier alpha value is -1.92. The molecule has 2 rings (SSSR count). The predicted molar refractivity (Wildman–Crippen MR) is 99.1 cm³/mol. The van der Waals surface area contributed by atoms with E-state index >= 15 is 0 Å². The number of benzene rings is 1. The maximum atomic E-state index is 12.5. The molecule has 0 aliphatic carbocycles. The second kappa shape index (κ2) is 8.26. The summed E-state index contributed by atoms with van der Waals surface area (Å²) in [7, 11) is 0. The van der Waals surface area contributed by atoms with Crippen molar-refractivity contribution in [2.75, 3.05) is 10.6 Å². The van der Waals surface area contributed by atoms with E-state index < -0.39 is 0 Å². The molecule has 0 spiro atoms. The van der Waals surface area contributed by atoms with E-state index in [0.717, 1.165) is 29.7 Å². The van der Waals surface area contributed by atoms with E-state index in [1.54, 1.807) is 13.0 Å². The van der Waals surface area contributed by atoms with Crippen LogP contribution in [0.2, 0.25) is 5.02 Å². The number of hydrogen-bond acceptors (Lipinski definition) is 4. The smallest absolute Gasteiger partial charge is 0.267 e. The van der Waals surface area contributed by atoms with Crippen LogP contribution >= 0.6 is 22.9 Å². The number of rotatable bonds is 6. The number of nitrogens with one attached hydrogen (secondary N) is 2. The van der Waals surface area contributed by atoms with Crippen LogP contribution in [-0.4, -0.2) is 16.8 Å². The Kier molecular flexibility index (Phi) is 6.34. The van der Waals surface area contributed by atoms with Crippen LogP contribution in [0.5, 0.6) is 0 Å². The van der Waals surface area contributed by atoms with E-state index in [1.165, 1.54) is 0 Å². The van der Waals surface area contributed by atoms with Gasteiger partial charge in [-0.1, -0.05) is 48.4 Å². The third-order valence-electron chi connectivity index (χ3n) is 3.47. The average molecular weight is 366 g/mol. The molecule has 1 aromatic carbocycles. The number of para-hydroxylation sites is 1. The van der Waals surface area contributed by atoms with Gasteiger partial charge in [-0.3, -0.25) is 9.59 Å². The van der Waals surface area contributed by atoms with Crippen molar-refractivity contribution in [3.63, 3.8) is 0 Å². The lowest BCUT2D eigenvalue weighted by Crippen LogP contribution is -2.12. The van der Waals surface area contributed by atoms with E-state index in [2.05, 4.69) is 15.6 Å². The Morgan fingerprint density at radius 1 is 1.25 bits per heavy atom. The quantitative estimate of drug-likeness (QED) is 0.772. The van der Waals surface area contributed by atoms with Gasteiger partial charge in [-0.2, -0.15) is 0 Å². The highest BCUT2D eigenvalue weighted by Gasteiger charge is 2.18. The lowest BCUT2D eigenvalue weighted by atomic mass is 10.2. The number of unbranched alkanes of at least 4 members (excludes halogenated alkanes) is 1. The topological polar surface area (TPSA) is 71.1 Å². The first-order valence-corrected chi connectivity index (χ1v) is 8.95. The summed E-state index contributed by atoms with van der Waals surface area (Å²) in [6, 6.07) is 5.43. The van der Waals surface area contributed by atoms with Crippen molar-refractivity contribution < 1.29 is 9.59 Å². The molecule has 2 amide bonds. The summed E-state index contributed by atoms with van der Waals surface area (Å²) in [6.45, 7) is 5.65. The van der Waals surface area contributed by atoms with Gasteiger partial charge in [0.25, 0.3) is 5.91 Å². The highest BCUT2D eigenvalue weighted by atomic mass is 35.5. The van der Waals surface area contributed by atoms with Crippen LogP contribution in [0.3, 0.4) is 0 Å². The van der Waals surface area contributed by atoms with Crippen molar-refractivity contribution in [3.8, 4) is 0 Å². The van der Waals surface area contributed by atoms with E-state index in [1.807, 2.05) is 26.0 Å². The number of hydrogen-bond donors (Lipinski definition) is 2. The van der Waals surface area contributed by atoms with Crippen LogP contribution in [0.1, 0.15) is 47.1 Å². The molecule has 24 heavy (non-hydrogen) atoms. The Morgan fingerprint density at radius 2 is 2.00 bits per heavy atom. The van der Waals surface area contributed by atoms with Crippen LogP contribution in [0.4, 0.5) is 10.8 Å². The molecule has 5 nitrogen and oxygen atoms in total. The van der Waals surface area contributed by atoms with E-state index in [0.29, 0.717) is 32.8 Å². The molecule has 0 unspecified atom stereocenters. The number of carbonyl (C=O) groups excluding carboxylic acids is 2. The Bertz CT molecular complexity index is 738. The monoisotopic (exact) mass is 365 g/mol. The summed E-state index contributed by atoms with van der Waals surface area (Å²) in [5.41, 5.74) is 2.05. The van der Waals surface area contributed by atoms with E-state index in [9.17, 15) is 9.59 Å². The van der Waals surface area contributed by atoms with Crippen molar-refractivity contribution in [1.29, 1.82) is 0 Å². The number of aromatic nitrogens is 1. The molecule has 0 saturated heterocycles. The van der Waals surface area contributed by atoms with Crippen molar-refractivity contribution in [2.24, 2.45) is 0 Å². The van der Waals surface area contributed by atoms with E-state index in [-0.39, 0.29) is 11.8 Å². The van der Waals surface area contributed by atoms with Crippen LogP contribution in [-0.2, 0) is 4.79 Å². The van der Waals surface area contributed by atoms with Crippen molar-refractivity contribution in [3.05, 3.63) is 39.4 Å². The molecule has 0 aliphatic heterocycles. The third-order valence-corrected chi connectivity index (χ3v) is 4.85. The highest BCUT2D eigenvalue weighted by molar-refractivity contribution is 7.17. The normalized spacial score (nSPS) is 10.5. The van der Waals surface area contributed by atoms with Gasteiger partial charge in [-0.25, -0.2) is 4.98 Å². The molecule has 0 radical (unpaired) electrons. The summed E-state index contributed by atoms with van der Waals surface area (Å²) < 4.78 is 0. The van der Waals surface area contributed by atoms with Gasteiger partial charge in [0.1, 0.15) is 4.88 Å². The Balaban J connectivity index is 2.12. The van der Waals surface area contributed by atoms with Gasteiger partial charge in [-0.05, 0) is 31.9 Å². The molecule has 128 valence electrons. The lowest BCUT2D eigenvalue weighted by Gasteiger charge is -2.09. The number of carbonyl (C=O) groups is 2. The van der Waals surface area contributed by atoms with Gasteiger partial charge in [-0.15, -0.1) is 0 Å². The minimum Gasteiger partial charge on any atom is -0.320 e. The highest BCUT2D eigenvalue weighted by Crippen LogP contribution is 2.28. The maximum Gasteiger partial charge on any atom is 0.267 e. The molecular weight excluding hydrogens is 346 g/mol. The summed E-state index contributed by atoms with van der Waals surface area (Å²) in [5, 5.41) is 6.49. The zero-order chi connectivity index (χ0) is 17.7. The number of thiazole rings is 1. The Morgan fingerprint density at radius 3 is 2.67 bits per heavy atom. The first-order chi connectivity index (χ1) is 11.4. The van der Waals surface area contributed by atoms with Crippen LogP contribution in [0.25, 0.3) is 0 Å². The minimum atomic E-state index is -0.282. The molecule has 0 atom stereocenters. The van der Waals surface area contributed by atoms with E-state index in [4.69, 9.17) is 11.6 Å². The zero-order valence-corrected chi connectivity index (χ0v) is 15.5. The van der Waals surface area contributed by atoms with Crippen molar-refractivity contribution >= 4 is 45.6 Å². The van der Waals surface area contributed by atoms with Crippen molar-refractivity contribution in [2.45, 2.75) is 40.0 Å². The first-order valence-electron chi connectivity index (χ1n) is 7.76. The number of nitrogens with zero attached hydrogens (tertiary/aromatic N) is 1. The number of halogens is 1. The molecule has 7 heteroatoms. The van der Waals surface area contributed by atoms with Crippen LogP contribution in [0.15, 0.2) is 18.2 Å². The van der Waals surface area contributed by atoms with Crippen molar-refractivity contribution in [1.82, 2.24) is 4.98 Å². The third kappa shape index (κ3) is 4.55. The zero-order valence-electron chi connectivity index (χ0n) is 13.9. The SMILES string of the molecule is CCCCC(=O)Nc1nc(C)c(C(=O)Nc2c(C)cccc2Cl)s1. The fraction of sp³-hybridized carbons (Fsp3) is 0.353. The predicted octanol–water partition coefficient (Wildman–Crippen LogP) is 4.79. The van der Waals surface area contributed by atoms with Gasteiger partial charge in [0.2, 0.25) is 5.91 Å². The van der Waals surface area contributed by atoms with Crippen LogP contribution < -0.4 is 10.6 Å². The first kappa shape index (κ1) is 18.4. The number of amides is 2. The molecule has 2 aromatic rings. The molecule has 1 aromatic heterocycles. The summed E-state index contributed by atoms with van der Waals surface area (Å²) in [6.07, 6.45) is 2.24. The fourth-order valence-electron chi connectivity index (χ4n) is 2.14. The fourth-order valence-corrected chi connectivity index (χ4v) is 3.29. The second-order valence-corrected chi connectivity index (χ2v) is 6.88. The number of aryl methyl sites for hydroxylation is 2. The molecule has 0 aliphatic rings. The summed E-state index contributed by atoms with van der Waals surface area (Å²) in [5.74, 6) is -0.366. The second-order valence-electron chi connectivity index (χ2n) is 5.47. The van der Waals surface area contributed by atoms with Gasteiger partial charge in [0, 0.05) is 6.42 Å². The average Bonchev–Trinajstić information content (AvgIpc) is 2.89. The maximum absolute atomic E-state index is 12.5. The largest absolute Gasteiger partial charge is 0.320 e. The van der Waals surface area contributed by atoms with Crippen LogP contribution in [0, 0.1) is 13.8 Å². The molecule has 0 fully saturated rings. The molecule has 1 heterocycles. The van der Waals surface area contributed by atoms with Gasteiger partial charge >= 0.3 is 0 Å². The molecule has 0 saturated carbocycles. The minimum absolute atomic E-state index is 0.0838. The molecular formula is C17H20ClN3O2S. The van der Waals surface area contributed by atoms with Gasteiger partial charge in [0.05, 0.1) is 16.4 Å². The summed E-state index contributed by atoms with van der Waals surface area (Å²) in [4.78, 5) is 29.0.